The standard InChI is InChI=1S/C28H44N2O4Si/c1-10-11-22-24(34-35(8,9)28(5,6)7)15-13-21-23(29-33-25(21)22)14-12-20-16-18-30(19-17-20)26(31)32-27(2,3)4/h10-11,13,15,20H,12,14,16-19H2,1-9H3/b11-10+. The third-order valence-electron chi connectivity index (χ3n) is 7.27. The lowest BCUT2D eigenvalue weighted by atomic mass is 9.91. The first-order valence-electron chi connectivity index (χ1n) is 12.9. The van der Waals surface area contributed by atoms with Crippen LogP contribution in [0, 0.1) is 5.92 Å². The SMILES string of the molecule is C/C=C/c1c(O[Si](C)(C)C(C)(C)C)ccc2c(CCC3CCN(C(=O)OC(C)(C)C)CC3)noc12. The quantitative estimate of drug-likeness (QED) is 0.378. The Morgan fingerprint density at radius 3 is 2.40 bits per heavy atom. The Labute approximate surface area is 212 Å². The van der Waals surface area contributed by atoms with Crippen LogP contribution in [0.3, 0.4) is 0 Å². The molecule has 0 spiro atoms. The summed E-state index contributed by atoms with van der Waals surface area (Å²) in [4.78, 5) is 14.2. The lowest BCUT2D eigenvalue weighted by Gasteiger charge is -2.36. The van der Waals surface area contributed by atoms with Gasteiger partial charge >= 0.3 is 6.09 Å². The Hall–Kier alpha value is -2.28. The highest BCUT2D eigenvalue weighted by Crippen LogP contribution is 2.40. The lowest BCUT2D eigenvalue weighted by Crippen LogP contribution is -2.44. The van der Waals surface area contributed by atoms with E-state index in [2.05, 4.69) is 57.2 Å². The summed E-state index contributed by atoms with van der Waals surface area (Å²) in [5.74, 6) is 1.44. The van der Waals surface area contributed by atoms with Gasteiger partial charge < -0.3 is 18.6 Å². The van der Waals surface area contributed by atoms with Crippen LogP contribution < -0.4 is 4.43 Å². The second-order valence-electron chi connectivity index (χ2n) is 12.3. The van der Waals surface area contributed by atoms with Crippen molar-refractivity contribution in [1.82, 2.24) is 10.1 Å². The van der Waals surface area contributed by atoms with Gasteiger partial charge in [-0.15, -0.1) is 0 Å². The maximum atomic E-state index is 12.3. The average molecular weight is 501 g/mol. The minimum Gasteiger partial charge on any atom is -0.543 e. The van der Waals surface area contributed by atoms with Crippen LogP contribution in [0.4, 0.5) is 4.79 Å². The zero-order chi connectivity index (χ0) is 26.0. The van der Waals surface area contributed by atoms with Gasteiger partial charge in [-0.1, -0.05) is 38.1 Å². The van der Waals surface area contributed by atoms with Gasteiger partial charge in [0.2, 0.25) is 0 Å². The van der Waals surface area contributed by atoms with E-state index in [1.54, 1.807) is 0 Å². The molecule has 35 heavy (non-hydrogen) atoms. The molecule has 7 heteroatoms. The van der Waals surface area contributed by atoms with Gasteiger partial charge in [-0.2, -0.15) is 0 Å². The van der Waals surface area contributed by atoms with Crippen LogP contribution in [0.15, 0.2) is 22.7 Å². The predicted octanol–water partition coefficient (Wildman–Crippen LogP) is 7.82. The fourth-order valence-electron chi connectivity index (χ4n) is 4.15. The number of hydrogen-bond acceptors (Lipinski definition) is 5. The number of piperidine rings is 1. The van der Waals surface area contributed by atoms with Crippen LogP contribution in [0.25, 0.3) is 17.0 Å². The highest BCUT2D eigenvalue weighted by atomic mass is 28.4. The summed E-state index contributed by atoms with van der Waals surface area (Å²) in [6.45, 7) is 20.5. The molecular weight excluding hydrogens is 456 g/mol. The van der Waals surface area contributed by atoms with Crippen molar-refractivity contribution in [2.75, 3.05) is 13.1 Å². The topological polar surface area (TPSA) is 64.8 Å². The fraction of sp³-hybridized carbons (Fsp3) is 0.643. The highest BCUT2D eigenvalue weighted by molar-refractivity contribution is 6.74. The number of ether oxygens (including phenoxy) is 1. The largest absolute Gasteiger partial charge is 0.543 e. The molecule has 0 unspecified atom stereocenters. The minimum atomic E-state index is -1.98. The summed E-state index contributed by atoms with van der Waals surface area (Å²) >= 11 is 0. The molecule has 2 heterocycles. The molecule has 1 fully saturated rings. The first-order valence-corrected chi connectivity index (χ1v) is 15.8. The molecule has 0 bridgehead atoms. The zero-order valence-corrected chi connectivity index (χ0v) is 24.2. The number of rotatable bonds is 6. The van der Waals surface area contributed by atoms with E-state index in [-0.39, 0.29) is 11.1 Å². The number of benzene rings is 1. The van der Waals surface area contributed by atoms with E-state index in [0.717, 1.165) is 66.7 Å². The Bertz CT molecular complexity index is 1050. The fourth-order valence-corrected chi connectivity index (χ4v) is 5.18. The molecular formula is C28H44N2O4Si. The van der Waals surface area contributed by atoms with Crippen molar-refractivity contribution in [3.05, 3.63) is 29.5 Å². The van der Waals surface area contributed by atoms with Gasteiger partial charge in [0.25, 0.3) is 8.32 Å². The summed E-state index contributed by atoms with van der Waals surface area (Å²) < 4.78 is 18.0. The van der Waals surface area contributed by atoms with Crippen LogP contribution in [-0.4, -0.2) is 43.2 Å². The van der Waals surface area contributed by atoms with E-state index in [9.17, 15) is 4.79 Å². The van der Waals surface area contributed by atoms with Crippen molar-refractivity contribution in [1.29, 1.82) is 0 Å². The molecule has 0 saturated carbocycles. The second-order valence-corrected chi connectivity index (χ2v) is 17.0. The monoisotopic (exact) mass is 500 g/mol. The molecule has 1 aliphatic heterocycles. The first-order chi connectivity index (χ1) is 16.2. The number of carbonyl (C=O) groups is 1. The van der Waals surface area contributed by atoms with E-state index in [0.29, 0.717) is 5.92 Å². The number of likely N-dealkylation sites (tertiary alicyclic amines) is 1. The number of fused-ring (bicyclic) bond motifs is 1. The maximum Gasteiger partial charge on any atom is 0.410 e. The van der Waals surface area contributed by atoms with Crippen LogP contribution in [0.2, 0.25) is 18.1 Å². The minimum absolute atomic E-state index is 0.112. The molecule has 1 aromatic heterocycles. The van der Waals surface area contributed by atoms with Crippen LogP contribution in [0.5, 0.6) is 5.75 Å². The van der Waals surface area contributed by atoms with E-state index in [1.165, 1.54) is 0 Å². The van der Waals surface area contributed by atoms with Gasteiger partial charge in [0, 0.05) is 18.5 Å². The Balaban J connectivity index is 1.68. The van der Waals surface area contributed by atoms with Crippen molar-refractivity contribution in [2.45, 2.75) is 97.9 Å². The van der Waals surface area contributed by atoms with E-state index in [1.807, 2.05) is 38.7 Å². The summed E-state index contributed by atoms with van der Waals surface area (Å²) in [5.41, 5.74) is 2.32. The molecule has 1 amide bonds. The molecule has 1 aliphatic rings. The Morgan fingerprint density at radius 1 is 1.17 bits per heavy atom. The van der Waals surface area contributed by atoms with Gasteiger partial charge in [-0.05, 0) is 89.6 Å². The van der Waals surface area contributed by atoms with Gasteiger partial charge in [-0.3, -0.25) is 0 Å². The van der Waals surface area contributed by atoms with Crippen LogP contribution in [0.1, 0.15) is 79.0 Å². The van der Waals surface area contributed by atoms with Crippen molar-refractivity contribution in [3.8, 4) is 5.75 Å². The number of hydrogen-bond donors (Lipinski definition) is 0. The maximum absolute atomic E-state index is 12.3. The molecule has 3 rings (SSSR count). The number of amides is 1. The highest BCUT2D eigenvalue weighted by Gasteiger charge is 2.39. The van der Waals surface area contributed by atoms with Gasteiger partial charge in [0.15, 0.2) is 5.58 Å². The van der Waals surface area contributed by atoms with Crippen LogP contribution in [-0.2, 0) is 11.2 Å². The Morgan fingerprint density at radius 2 is 1.83 bits per heavy atom. The predicted molar refractivity (Wildman–Crippen MR) is 145 cm³/mol. The normalized spacial score (nSPS) is 16.3. The number of allylic oxidation sites excluding steroid dienone is 1. The van der Waals surface area contributed by atoms with Gasteiger partial charge in [-0.25, -0.2) is 4.79 Å². The van der Waals surface area contributed by atoms with E-state index >= 15 is 0 Å². The third-order valence-corrected chi connectivity index (χ3v) is 11.6. The molecule has 194 valence electrons. The first kappa shape index (κ1) is 27.3. The van der Waals surface area contributed by atoms with Crippen molar-refractivity contribution in [3.63, 3.8) is 0 Å². The molecule has 0 atom stereocenters. The Kier molecular flexibility index (Phi) is 8.09. The van der Waals surface area contributed by atoms with Crippen molar-refractivity contribution < 1.29 is 18.5 Å². The third kappa shape index (κ3) is 6.69. The second kappa shape index (κ2) is 10.4. The summed E-state index contributed by atoms with van der Waals surface area (Å²) in [7, 11) is -1.98. The number of carbonyl (C=O) groups excluding carboxylic acids is 1. The van der Waals surface area contributed by atoms with Gasteiger partial charge in [0.05, 0.1) is 11.3 Å². The average Bonchev–Trinajstić information content (AvgIpc) is 3.15. The number of nitrogens with zero attached hydrogens (tertiary/aromatic N) is 2. The summed E-state index contributed by atoms with van der Waals surface area (Å²) in [6, 6.07) is 4.18. The summed E-state index contributed by atoms with van der Waals surface area (Å²) in [6.07, 6.45) is 7.75. The molecule has 0 radical (unpaired) electrons. The molecule has 0 aliphatic carbocycles. The molecule has 6 nitrogen and oxygen atoms in total. The van der Waals surface area contributed by atoms with E-state index < -0.39 is 13.9 Å². The molecule has 0 N–H and O–H groups in total. The number of aryl methyl sites for hydroxylation is 1. The molecule has 1 aromatic carbocycles. The molecule has 1 saturated heterocycles. The van der Waals surface area contributed by atoms with Crippen LogP contribution >= 0.6 is 0 Å². The van der Waals surface area contributed by atoms with Crippen molar-refractivity contribution in [2.24, 2.45) is 5.92 Å². The molecule has 2 aromatic rings. The van der Waals surface area contributed by atoms with E-state index in [4.69, 9.17) is 13.7 Å². The number of aromatic nitrogens is 1. The van der Waals surface area contributed by atoms with Gasteiger partial charge in [0.1, 0.15) is 11.4 Å². The summed E-state index contributed by atoms with van der Waals surface area (Å²) in [5, 5.41) is 5.63. The lowest BCUT2D eigenvalue weighted by molar-refractivity contribution is 0.0181. The van der Waals surface area contributed by atoms with Crippen molar-refractivity contribution >= 4 is 31.5 Å². The zero-order valence-electron chi connectivity index (χ0n) is 23.2. The smallest absolute Gasteiger partial charge is 0.410 e.